The highest BCUT2D eigenvalue weighted by molar-refractivity contribution is 7.17. The molecule has 1 unspecified atom stereocenters. The fourth-order valence-electron chi connectivity index (χ4n) is 2.40. The van der Waals surface area contributed by atoms with Gasteiger partial charge >= 0.3 is 0 Å². The quantitative estimate of drug-likeness (QED) is 0.785. The Morgan fingerprint density at radius 3 is 2.74 bits per heavy atom. The Morgan fingerprint density at radius 2 is 2.05 bits per heavy atom. The molecule has 1 aliphatic heterocycles. The molecule has 0 N–H and O–H groups in total. The molecule has 19 heavy (non-hydrogen) atoms. The van der Waals surface area contributed by atoms with Crippen molar-refractivity contribution in [1.82, 2.24) is 4.90 Å². The van der Waals surface area contributed by atoms with E-state index < -0.39 is 0 Å². The molecule has 1 amide bonds. The topological polar surface area (TPSA) is 37.4 Å². The number of rotatable bonds is 2. The van der Waals surface area contributed by atoms with Crippen molar-refractivity contribution in [3.8, 4) is 10.4 Å². The lowest BCUT2D eigenvalue weighted by atomic mass is 10.0. The van der Waals surface area contributed by atoms with Gasteiger partial charge in [-0.25, -0.2) is 0 Å². The van der Waals surface area contributed by atoms with Gasteiger partial charge in [0.15, 0.2) is 6.29 Å². The lowest BCUT2D eigenvalue weighted by Crippen LogP contribution is -2.20. The Morgan fingerprint density at radius 1 is 1.26 bits per heavy atom. The second-order valence-corrected chi connectivity index (χ2v) is 5.83. The predicted molar refractivity (Wildman–Crippen MR) is 75.7 cm³/mol. The first-order valence-electron chi connectivity index (χ1n) is 6.08. The summed E-state index contributed by atoms with van der Waals surface area (Å²) in [7, 11) is 1.82. The molecule has 0 fully saturated rings. The molecular weight excluding hydrogens is 258 g/mol. The summed E-state index contributed by atoms with van der Waals surface area (Å²) >= 11 is 1.47. The molecule has 3 nitrogen and oxygen atoms in total. The SMILES string of the molecule is CC1c2cc(-c3ccc(C=O)s3)ccc2C(=O)N1C. The average molecular weight is 271 g/mol. The Labute approximate surface area is 115 Å². The van der Waals surface area contributed by atoms with Crippen molar-refractivity contribution in [3.63, 3.8) is 0 Å². The first-order chi connectivity index (χ1) is 9.11. The van der Waals surface area contributed by atoms with Gasteiger partial charge in [-0.1, -0.05) is 6.07 Å². The van der Waals surface area contributed by atoms with Crippen LogP contribution in [0.5, 0.6) is 0 Å². The number of thiophene rings is 1. The van der Waals surface area contributed by atoms with Gasteiger partial charge < -0.3 is 4.90 Å². The number of nitrogens with zero attached hydrogens (tertiary/aromatic N) is 1. The van der Waals surface area contributed by atoms with Crippen LogP contribution in [0.4, 0.5) is 0 Å². The molecular formula is C15H13NO2S. The minimum Gasteiger partial charge on any atom is -0.335 e. The number of carbonyl (C=O) groups is 2. The summed E-state index contributed by atoms with van der Waals surface area (Å²) in [6.45, 7) is 2.03. The predicted octanol–water partition coefficient (Wildman–Crippen LogP) is 3.37. The van der Waals surface area contributed by atoms with E-state index in [2.05, 4.69) is 6.07 Å². The van der Waals surface area contributed by atoms with E-state index in [1.165, 1.54) is 11.3 Å². The smallest absolute Gasteiger partial charge is 0.254 e. The standard InChI is InChI=1S/C15H13NO2S/c1-9-13-7-10(14-6-4-11(8-17)19-14)3-5-12(13)15(18)16(9)2/h3-9H,1-2H3. The Hall–Kier alpha value is -1.94. The van der Waals surface area contributed by atoms with Gasteiger partial charge in [-0.05, 0) is 42.3 Å². The number of fused-ring (bicyclic) bond motifs is 1. The lowest BCUT2D eigenvalue weighted by molar-refractivity contribution is 0.0784. The fraction of sp³-hybridized carbons (Fsp3) is 0.200. The van der Waals surface area contributed by atoms with Gasteiger partial charge in [0, 0.05) is 17.5 Å². The number of amides is 1. The van der Waals surface area contributed by atoms with Gasteiger partial charge in [-0.3, -0.25) is 9.59 Å². The zero-order valence-corrected chi connectivity index (χ0v) is 11.5. The highest BCUT2D eigenvalue weighted by Gasteiger charge is 2.31. The van der Waals surface area contributed by atoms with E-state index in [0.29, 0.717) is 0 Å². The number of aldehydes is 1. The van der Waals surface area contributed by atoms with Gasteiger partial charge in [0.1, 0.15) is 0 Å². The van der Waals surface area contributed by atoms with Crippen LogP contribution in [0.15, 0.2) is 30.3 Å². The van der Waals surface area contributed by atoms with Crippen molar-refractivity contribution in [2.45, 2.75) is 13.0 Å². The molecule has 1 atom stereocenters. The molecule has 4 heteroatoms. The zero-order chi connectivity index (χ0) is 13.6. The third-order valence-corrected chi connectivity index (χ3v) is 4.72. The Kier molecular flexibility index (Phi) is 2.75. The molecule has 2 aromatic rings. The summed E-state index contributed by atoms with van der Waals surface area (Å²) in [4.78, 5) is 26.2. The first-order valence-corrected chi connectivity index (χ1v) is 6.90. The largest absolute Gasteiger partial charge is 0.335 e. The van der Waals surface area contributed by atoms with Gasteiger partial charge in [-0.15, -0.1) is 11.3 Å². The molecule has 0 saturated carbocycles. The maximum Gasteiger partial charge on any atom is 0.254 e. The van der Waals surface area contributed by atoms with Crippen molar-refractivity contribution in [1.29, 1.82) is 0 Å². The van der Waals surface area contributed by atoms with Crippen molar-refractivity contribution < 1.29 is 9.59 Å². The molecule has 3 rings (SSSR count). The summed E-state index contributed by atoms with van der Waals surface area (Å²) in [6, 6.07) is 9.76. The van der Waals surface area contributed by atoms with E-state index in [-0.39, 0.29) is 11.9 Å². The minimum atomic E-state index is 0.0776. The monoisotopic (exact) mass is 271 g/mol. The zero-order valence-electron chi connectivity index (χ0n) is 10.7. The average Bonchev–Trinajstić information content (AvgIpc) is 2.99. The maximum absolute atomic E-state index is 12.0. The van der Waals surface area contributed by atoms with E-state index >= 15 is 0 Å². The summed E-state index contributed by atoms with van der Waals surface area (Å²) < 4.78 is 0. The molecule has 2 heterocycles. The fourth-order valence-corrected chi connectivity index (χ4v) is 3.22. The third kappa shape index (κ3) is 1.79. The van der Waals surface area contributed by atoms with Crippen LogP contribution in [0.25, 0.3) is 10.4 Å². The van der Waals surface area contributed by atoms with Crippen LogP contribution in [-0.4, -0.2) is 24.1 Å². The van der Waals surface area contributed by atoms with Crippen LogP contribution >= 0.6 is 11.3 Å². The highest BCUT2D eigenvalue weighted by atomic mass is 32.1. The van der Waals surface area contributed by atoms with Crippen LogP contribution in [0.1, 0.15) is 38.6 Å². The van der Waals surface area contributed by atoms with E-state index in [1.54, 1.807) is 4.90 Å². The third-order valence-electron chi connectivity index (χ3n) is 3.66. The van der Waals surface area contributed by atoms with Crippen molar-refractivity contribution in [2.24, 2.45) is 0 Å². The molecule has 0 radical (unpaired) electrons. The number of carbonyl (C=O) groups excluding carboxylic acids is 2. The summed E-state index contributed by atoms with van der Waals surface area (Å²) in [5.74, 6) is 0.0776. The normalized spacial score (nSPS) is 17.7. The van der Waals surface area contributed by atoms with E-state index in [0.717, 1.165) is 32.7 Å². The van der Waals surface area contributed by atoms with Crippen molar-refractivity contribution in [2.75, 3.05) is 7.05 Å². The van der Waals surface area contributed by atoms with Crippen molar-refractivity contribution in [3.05, 3.63) is 46.3 Å². The molecule has 0 saturated heterocycles. The van der Waals surface area contributed by atoms with Crippen LogP contribution in [-0.2, 0) is 0 Å². The summed E-state index contributed by atoms with van der Waals surface area (Å²) in [5, 5.41) is 0. The second-order valence-electron chi connectivity index (χ2n) is 4.71. The summed E-state index contributed by atoms with van der Waals surface area (Å²) in [6.07, 6.45) is 0.863. The van der Waals surface area contributed by atoms with Gasteiger partial charge in [0.05, 0.1) is 10.9 Å². The van der Waals surface area contributed by atoms with Crippen molar-refractivity contribution >= 4 is 23.5 Å². The molecule has 1 aromatic carbocycles. The molecule has 1 aromatic heterocycles. The molecule has 0 aliphatic carbocycles. The molecule has 1 aliphatic rings. The lowest BCUT2D eigenvalue weighted by Gasteiger charge is -2.15. The van der Waals surface area contributed by atoms with Crippen LogP contribution in [0, 0.1) is 0 Å². The minimum absolute atomic E-state index is 0.0776. The number of hydrogen-bond acceptors (Lipinski definition) is 3. The van der Waals surface area contributed by atoms with E-state index in [9.17, 15) is 9.59 Å². The van der Waals surface area contributed by atoms with E-state index in [4.69, 9.17) is 0 Å². The van der Waals surface area contributed by atoms with Gasteiger partial charge in [0.2, 0.25) is 0 Å². The number of benzene rings is 1. The Bertz CT molecular complexity index is 675. The maximum atomic E-state index is 12.0. The van der Waals surface area contributed by atoms with Crippen LogP contribution in [0.2, 0.25) is 0 Å². The molecule has 0 spiro atoms. The Balaban J connectivity index is 2.07. The van der Waals surface area contributed by atoms with Crippen LogP contribution in [0.3, 0.4) is 0 Å². The molecule has 0 bridgehead atoms. The molecule has 96 valence electrons. The van der Waals surface area contributed by atoms with Crippen LogP contribution < -0.4 is 0 Å². The highest BCUT2D eigenvalue weighted by Crippen LogP contribution is 2.36. The summed E-state index contributed by atoms with van der Waals surface area (Å²) in [5.41, 5.74) is 2.91. The number of hydrogen-bond donors (Lipinski definition) is 0. The second kappa shape index (κ2) is 4.31. The van der Waals surface area contributed by atoms with Gasteiger partial charge in [0.25, 0.3) is 5.91 Å². The van der Waals surface area contributed by atoms with Gasteiger partial charge in [-0.2, -0.15) is 0 Å². The first kappa shape index (κ1) is 12.1. The van der Waals surface area contributed by atoms with E-state index in [1.807, 2.05) is 38.2 Å².